The quantitative estimate of drug-likeness (QED) is 0.612. The van der Waals surface area contributed by atoms with Gasteiger partial charge in [-0.05, 0) is 36.2 Å². The third kappa shape index (κ3) is 5.04. The molecule has 7 nitrogen and oxygen atoms in total. The molecule has 0 saturated carbocycles. The van der Waals surface area contributed by atoms with Crippen LogP contribution in [0.3, 0.4) is 0 Å². The molecule has 3 aromatic rings. The van der Waals surface area contributed by atoms with Crippen molar-refractivity contribution in [3.05, 3.63) is 53.3 Å². The molecule has 2 aromatic heterocycles. The smallest absolute Gasteiger partial charge is 0.303 e. The van der Waals surface area contributed by atoms with Gasteiger partial charge >= 0.3 is 5.97 Å². The number of fused-ring (bicyclic) bond motifs is 1. The van der Waals surface area contributed by atoms with E-state index in [1.165, 1.54) is 0 Å². The first-order valence-corrected chi connectivity index (χ1v) is 8.94. The van der Waals surface area contributed by atoms with Crippen LogP contribution < -0.4 is 10.2 Å². The molecule has 2 N–H and O–H groups in total. The zero-order chi connectivity index (χ0) is 19.2. The SMILES string of the molecule is CN(CCCC(=O)O)c1nc(NCc2cccnc2)c2cc(Cl)ccc2n1. The minimum absolute atomic E-state index is 0.111. The summed E-state index contributed by atoms with van der Waals surface area (Å²) in [7, 11) is 1.85. The zero-order valence-corrected chi connectivity index (χ0v) is 15.6. The highest BCUT2D eigenvalue weighted by atomic mass is 35.5. The van der Waals surface area contributed by atoms with Gasteiger partial charge in [-0.1, -0.05) is 17.7 Å². The van der Waals surface area contributed by atoms with Gasteiger partial charge in [0.25, 0.3) is 0 Å². The molecular formula is C19H20ClN5O2. The van der Waals surface area contributed by atoms with Gasteiger partial charge in [-0.25, -0.2) is 4.98 Å². The van der Waals surface area contributed by atoms with Gasteiger partial charge in [0.2, 0.25) is 5.95 Å². The molecular weight excluding hydrogens is 366 g/mol. The van der Waals surface area contributed by atoms with E-state index in [4.69, 9.17) is 16.7 Å². The van der Waals surface area contributed by atoms with Crippen molar-refractivity contribution in [3.63, 3.8) is 0 Å². The normalized spacial score (nSPS) is 10.7. The summed E-state index contributed by atoms with van der Waals surface area (Å²) in [4.78, 5) is 25.9. The van der Waals surface area contributed by atoms with Crippen LogP contribution in [-0.2, 0) is 11.3 Å². The van der Waals surface area contributed by atoms with E-state index in [1.54, 1.807) is 18.5 Å². The van der Waals surface area contributed by atoms with Crippen LogP contribution in [0.25, 0.3) is 10.9 Å². The molecule has 0 fully saturated rings. The summed E-state index contributed by atoms with van der Waals surface area (Å²) in [5, 5.41) is 13.6. The Morgan fingerprint density at radius 1 is 1.30 bits per heavy atom. The summed E-state index contributed by atoms with van der Waals surface area (Å²) in [6.45, 7) is 1.11. The number of rotatable bonds is 8. The first-order valence-electron chi connectivity index (χ1n) is 8.56. The largest absolute Gasteiger partial charge is 0.481 e. The summed E-state index contributed by atoms with van der Waals surface area (Å²) in [6, 6.07) is 9.33. The number of hydrogen-bond acceptors (Lipinski definition) is 6. The Balaban J connectivity index is 1.87. The Bertz CT molecular complexity index is 936. The lowest BCUT2D eigenvalue weighted by atomic mass is 10.2. The number of pyridine rings is 1. The van der Waals surface area contributed by atoms with Crippen LogP contribution in [0.4, 0.5) is 11.8 Å². The van der Waals surface area contributed by atoms with Crippen molar-refractivity contribution in [1.82, 2.24) is 15.0 Å². The van der Waals surface area contributed by atoms with Gasteiger partial charge in [0.05, 0.1) is 5.52 Å². The van der Waals surface area contributed by atoms with Gasteiger partial charge in [0.1, 0.15) is 5.82 Å². The van der Waals surface area contributed by atoms with Crippen LogP contribution in [-0.4, -0.2) is 39.6 Å². The maximum absolute atomic E-state index is 10.7. The van der Waals surface area contributed by atoms with E-state index in [0.29, 0.717) is 36.3 Å². The highest BCUT2D eigenvalue weighted by molar-refractivity contribution is 6.31. The number of hydrogen-bond donors (Lipinski definition) is 2. The van der Waals surface area contributed by atoms with E-state index in [2.05, 4.69) is 20.3 Å². The van der Waals surface area contributed by atoms with Crippen molar-refractivity contribution in [2.45, 2.75) is 19.4 Å². The number of anilines is 2. The van der Waals surface area contributed by atoms with Crippen LogP contribution in [0.15, 0.2) is 42.7 Å². The molecule has 8 heteroatoms. The second-order valence-corrected chi connectivity index (χ2v) is 6.60. The molecule has 0 radical (unpaired) electrons. The molecule has 0 spiro atoms. The maximum Gasteiger partial charge on any atom is 0.303 e. The van der Waals surface area contributed by atoms with Crippen molar-refractivity contribution in [1.29, 1.82) is 0 Å². The molecule has 0 atom stereocenters. The molecule has 0 aliphatic carbocycles. The number of carbonyl (C=O) groups is 1. The summed E-state index contributed by atoms with van der Waals surface area (Å²) >= 11 is 6.15. The van der Waals surface area contributed by atoms with Crippen LogP contribution in [0.5, 0.6) is 0 Å². The van der Waals surface area contributed by atoms with Gasteiger partial charge < -0.3 is 15.3 Å². The van der Waals surface area contributed by atoms with Gasteiger partial charge in [-0.2, -0.15) is 4.98 Å². The summed E-state index contributed by atoms with van der Waals surface area (Å²) in [6.07, 6.45) is 4.15. The lowest BCUT2D eigenvalue weighted by Crippen LogP contribution is -2.22. The number of aromatic nitrogens is 3. The summed E-state index contributed by atoms with van der Waals surface area (Å²) < 4.78 is 0. The molecule has 0 aliphatic rings. The average Bonchev–Trinajstić information content (AvgIpc) is 2.66. The minimum Gasteiger partial charge on any atom is -0.481 e. The molecule has 0 bridgehead atoms. The summed E-state index contributed by atoms with van der Waals surface area (Å²) in [5.41, 5.74) is 1.80. The minimum atomic E-state index is -0.809. The van der Waals surface area contributed by atoms with Crippen molar-refractivity contribution < 1.29 is 9.90 Å². The molecule has 0 aliphatic heterocycles. The third-order valence-corrected chi connectivity index (χ3v) is 4.29. The molecule has 2 heterocycles. The Morgan fingerprint density at radius 3 is 2.89 bits per heavy atom. The molecule has 3 rings (SSSR count). The number of halogens is 1. The Morgan fingerprint density at radius 2 is 2.15 bits per heavy atom. The number of carboxylic acids is 1. The maximum atomic E-state index is 10.7. The monoisotopic (exact) mass is 385 g/mol. The second kappa shape index (κ2) is 8.64. The molecule has 140 valence electrons. The standard InChI is InChI=1S/C19H20ClN5O2/c1-25(9-3-5-17(26)27)19-23-16-7-6-14(20)10-15(16)18(24-19)22-12-13-4-2-8-21-11-13/h2,4,6-8,10-11H,3,5,9,12H2,1H3,(H,26,27)(H,22,23,24). The fourth-order valence-corrected chi connectivity index (χ4v) is 2.82. The first-order chi connectivity index (χ1) is 13.0. The molecule has 27 heavy (non-hydrogen) atoms. The van der Waals surface area contributed by atoms with E-state index >= 15 is 0 Å². The predicted molar refractivity (Wildman–Crippen MR) is 106 cm³/mol. The van der Waals surface area contributed by atoms with Crippen LogP contribution in [0, 0.1) is 0 Å². The van der Waals surface area contributed by atoms with E-state index in [0.717, 1.165) is 16.5 Å². The molecule has 1 aromatic carbocycles. The van der Waals surface area contributed by atoms with Crippen LogP contribution in [0.1, 0.15) is 18.4 Å². The number of nitrogens with one attached hydrogen (secondary N) is 1. The Kier molecular flexibility index (Phi) is 6.03. The van der Waals surface area contributed by atoms with Crippen molar-refractivity contribution >= 4 is 40.2 Å². The van der Waals surface area contributed by atoms with Crippen molar-refractivity contribution in [3.8, 4) is 0 Å². The predicted octanol–water partition coefficient (Wildman–Crippen LogP) is 3.59. The topological polar surface area (TPSA) is 91.2 Å². The molecule has 0 amide bonds. The lowest BCUT2D eigenvalue weighted by Gasteiger charge is -2.19. The van der Waals surface area contributed by atoms with Gasteiger partial charge in [-0.15, -0.1) is 0 Å². The van der Waals surface area contributed by atoms with Crippen molar-refractivity contribution in [2.75, 3.05) is 23.8 Å². The van der Waals surface area contributed by atoms with Gasteiger partial charge in [-0.3, -0.25) is 9.78 Å². The summed E-state index contributed by atoms with van der Waals surface area (Å²) in [5.74, 6) is 0.395. The zero-order valence-electron chi connectivity index (χ0n) is 14.9. The van der Waals surface area contributed by atoms with E-state index in [9.17, 15) is 4.79 Å². The fourth-order valence-electron chi connectivity index (χ4n) is 2.65. The van der Waals surface area contributed by atoms with Crippen molar-refractivity contribution in [2.24, 2.45) is 0 Å². The highest BCUT2D eigenvalue weighted by Crippen LogP contribution is 2.26. The highest BCUT2D eigenvalue weighted by Gasteiger charge is 2.12. The fraction of sp³-hybridized carbons (Fsp3) is 0.263. The number of carboxylic acid groups (broad SMARTS) is 1. The van der Waals surface area contributed by atoms with Gasteiger partial charge in [0, 0.05) is 49.4 Å². The average molecular weight is 386 g/mol. The van der Waals surface area contributed by atoms with E-state index in [-0.39, 0.29) is 6.42 Å². The lowest BCUT2D eigenvalue weighted by molar-refractivity contribution is -0.137. The van der Waals surface area contributed by atoms with E-state index < -0.39 is 5.97 Å². The Labute approximate surface area is 162 Å². The second-order valence-electron chi connectivity index (χ2n) is 6.17. The third-order valence-electron chi connectivity index (χ3n) is 4.05. The van der Waals surface area contributed by atoms with E-state index in [1.807, 2.05) is 36.2 Å². The number of nitrogens with zero attached hydrogens (tertiary/aromatic N) is 4. The molecule has 0 unspecified atom stereocenters. The van der Waals surface area contributed by atoms with Gasteiger partial charge in [0.15, 0.2) is 0 Å². The molecule has 0 saturated heterocycles. The number of benzene rings is 1. The van der Waals surface area contributed by atoms with Crippen LogP contribution >= 0.6 is 11.6 Å². The Hall–Kier alpha value is -2.93. The van der Waals surface area contributed by atoms with Crippen LogP contribution in [0.2, 0.25) is 5.02 Å². The first kappa shape index (κ1) is 18.8. The number of aliphatic carboxylic acids is 1.